The lowest BCUT2D eigenvalue weighted by Gasteiger charge is -2.14. The predicted octanol–water partition coefficient (Wildman–Crippen LogP) is 2.34. The maximum Gasteiger partial charge on any atom is 0.271 e. The summed E-state index contributed by atoms with van der Waals surface area (Å²) >= 11 is 1.44. The topological polar surface area (TPSA) is 68.0 Å². The Morgan fingerprint density at radius 1 is 1.41 bits per heavy atom. The summed E-state index contributed by atoms with van der Waals surface area (Å²) < 4.78 is 12.9. The van der Waals surface area contributed by atoms with E-state index in [2.05, 4.69) is 10.3 Å². The Balaban J connectivity index is 1.62. The number of hydrogen-bond donors (Lipinski definition) is 2. The zero-order chi connectivity index (χ0) is 15.5. The van der Waals surface area contributed by atoms with E-state index in [-0.39, 0.29) is 17.8 Å². The largest absolute Gasteiger partial charge is 0.346 e. The van der Waals surface area contributed by atoms with Gasteiger partial charge in [0.2, 0.25) is 0 Å². The van der Waals surface area contributed by atoms with Gasteiger partial charge in [-0.1, -0.05) is 12.1 Å². The van der Waals surface area contributed by atoms with Gasteiger partial charge < -0.3 is 11.1 Å². The summed E-state index contributed by atoms with van der Waals surface area (Å²) in [5, 5.41) is 5.56. The number of rotatable bonds is 6. The summed E-state index contributed by atoms with van der Waals surface area (Å²) in [6, 6.07) is 6.37. The fourth-order valence-corrected chi connectivity index (χ4v) is 3.19. The first kappa shape index (κ1) is 15.1. The smallest absolute Gasteiger partial charge is 0.271 e. The fraction of sp³-hybridized carbons (Fsp3) is 0.375. The van der Waals surface area contributed by atoms with Gasteiger partial charge in [-0.2, -0.15) is 0 Å². The van der Waals surface area contributed by atoms with Gasteiger partial charge in [0.1, 0.15) is 11.5 Å². The molecule has 1 aromatic carbocycles. The van der Waals surface area contributed by atoms with Crippen molar-refractivity contribution in [2.75, 3.05) is 6.54 Å². The molecule has 22 heavy (non-hydrogen) atoms. The van der Waals surface area contributed by atoms with Gasteiger partial charge in [-0.15, -0.1) is 11.3 Å². The third kappa shape index (κ3) is 3.69. The average molecular weight is 319 g/mol. The van der Waals surface area contributed by atoms with Gasteiger partial charge in [0, 0.05) is 24.4 Å². The summed E-state index contributed by atoms with van der Waals surface area (Å²) in [4.78, 5) is 16.6. The first-order chi connectivity index (χ1) is 10.7. The number of nitrogens with one attached hydrogen (secondary N) is 1. The van der Waals surface area contributed by atoms with Crippen LogP contribution in [0, 0.1) is 11.7 Å². The fourth-order valence-electron chi connectivity index (χ4n) is 2.38. The van der Waals surface area contributed by atoms with E-state index in [1.54, 1.807) is 17.5 Å². The third-order valence-corrected chi connectivity index (χ3v) is 4.66. The van der Waals surface area contributed by atoms with Crippen LogP contribution in [0.5, 0.6) is 0 Å². The van der Waals surface area contributed by atoms with E-state index in [0.29, 0.717) is 24.6 Å². The number of carbonyl (C=O) groups excluding carboxylic acids is 1. The number of thiazole rings is 1. The molecular formula is C16H18FN3OS. The summed E-state index contributed by atoms with van der Waals surface area (Å²) in [6.07, 6.45) is 2.87. The van der Waals surface area contributed by atoms with E-state index in [1.165, 1.54) is 23.5 Å². The average Bonchev–Trinajstić information content (AvgIpc) is 3.26. The normalized spacial score (nSPS) is 15.5. The maximum atomic E-state index is 12.9. The molecule has 0 bridgehead atoms. The number of halogens is 1. The number of nitrogens with zero attached hydrogens (tertiary/aromatic N) is 1. The molecule has 6 heteroatoms. The molecule has 4 nitrogen and oxygen atoms in total. The summed E-state index contributed by atoms with van der Waals surface area (Å²) in [5.74, 6) is 0.103. The minimum atomic E-state index is -0.254. The molecule has 1 unspecified atom stereocenters. The number of amides is 1. The molecule has 0 saturated heterocycles. The highest BCUT2D eigenvalue weighted by Crippen LogP contribution is 2.32. The predicted molar refractivity (Wildman–Crippen MR) is 84.4 cm³/mol. The first-order valence-electron chi connectivity index (χ1n) is 7.35. The van der Waals surface area contributed by atoms with Crippen molar-refractivity contribution in [3.8, 4) is 0 Å². The summed E-state index contributed by atoms with van der Waals surface area (Å²) in [7, 11) is 0. The standard InChI is InChI=1S/C16H18FN3OS/c17-12-5-1-10(2-6-12)7-15-19-14(9-22-15)16(21)20-13(8-18)11-3-4-11/h1-2,5-6,9,11,13H,3-4,7-8,18H2,(H,20,21). The Bertz CT molecular complexity index is 652. The zero-order valence-corrected chi connectivity index (χ0v) is 12.9. The lowest BCUT2D eigenvalue weighted by atomic mass is 10.1. The highest BCUT2D eigenvalue weighted by Gasteiger charge is 2.31. The van der Waals surface area contributed by atoms with Crippen molar-refractivity contribution < 1.29 is 9.18 Å². The van der Waals surface area contributed by atoms with Crippen LogP contribution in [-0.4, -0.2) is 23.5 Å². The molecule has 3 N–H and O–H groups in total. The Morgan fingerprint density at radius 2 is 2.14 bits per heavy atom. The first-order valence-corrected chi connectivity index (χ1v) is 8.23. The van der Waals surface area contributed by atoms with E-state index in [1.807, 2.05) is 0 Å². The molecule has 1 aliphatic carbocycles. The van der Waals surface area contributed by atoms with Crippen LogP contribution in [0.25, 0.3) is 0 Å². The number of carbonyl (C=O) groups is 1. The Morgan fingerprint density at radius 3 is 2.77 bits per heavy atom. The van der Waals surface area contributed by atoms with Crippen molar-refractivity contribution in [3.05, 3.63) is 51.7 Å². The van der Waals surface area contributed by atoms with Crippen LogP contribution in [0.3, 0.4) is 0 Å². The van der Waals surface area contributed by atoms with E-state index in [0.717, 1.165) is 23.4 Å². The summed E-state index contributed by atoms with van der Waals surface area (Å²) in [6.45, 7) is 0.461. The van der Waals surface area contributed by atoms with E-state index >= 15 is 0 Å². The lowest BCUT2D eigenvalue weighted by Crippen LogP contribution is -2.41. The second-order valence-corrected chi connectivity index (χ2v) is 6.53. The van der Waals surface area contributed by atoms with Crippen LogP contribution < -0.4 is 11.1 Å². The number of benzene rings is 1. The van der Waals surface area contributed by atoms with E-state index < -0.39 is 0 Å². The Labute approximate surface area is 132 Å². The van der Waals surface area contributed by atoms with Crippen molar-refractivity contribution in [2.24, 2.45) is 11.7 Å². The Hall–Kier alpha value is -1.79. The second kappa shape index (κ2) is 6.54. The molecule has 1 aromatic heterocycles. The molecule has 3 rings (SSSR count). The number of aromatic nitrogens is 1. The van der Waals surface area contributed by atoms with Gasteiger partial charge in [0.15, 0.2) is 0 Å². The Kier molecular flexibility index (Phi) is 4.49. The molecule has 1 aliphatic rings. The third-order valence-electron chi connectivity index (χ3n) is 3.81. The minimum absolute atomic E-state index is 0.0507. The van der Waals surface area contributed by atoms with Crippen LogP contribution in [0.15, 0.2) is 29.6 Å². The van der Waals surface area contributed by atoms with E-state index in [9.17, 15) is 9.18 Å². The molecule has 0 radical (unpaired) electrons. The van der Waals surface area contributed by atoms with Gasteiger partial charge in [-0.3, -0.25) is 4.79 Å². The summed E-state index contributed by atoms with van der Waals surface area (Å²) in [5.41, 5.74) is 7.10. The lowest BCUT2D eigenvalue weighted by molar-refractivity contribution is 0.0929. The number of hydrogen-bond acceptors (Lipinski definition) is 4. The van der Waals surface area contributed by atoms with Gasteiger partial charge >= 0.3 is 0 Å². The molecule has 1 heterocycles. The highest BCUT2D eigenvalue weighted by molar-refractivity contribution is 7.09. The molecule has 1 amide bonds. The van der Waals surface area contributed by atoms with Crippen LogP contribution >= 0.6 is 11.3 Å². The quantitative estimate of drug-likeness (QED) is 0.859. The van der Waals surface area contributed by atoms with Crippen molar-refractivity contribution in [1.29, 1.82) is 0 Å². The van der Waals surface area contributed by atoms with Gasteiger partial charge in [-0.05, 0) is 36.5 Å². The zero-order valence-electron chi connectivity index (χ0n) is 12.1. The van der Waals surface area contributed by atoms with Crippen LogP contribution in [0.4, 0.5) is 4.39 Å². The molecule has 2 aromatic rings. The molecule has 1 atom stereocenters. The van der Waals surface area contributed by atoms with Crippen molar-refractivity contribution in [2.45, 2.75) is 25.3 Å². The maximum absolute atomic E-state index is 12.9. The van der Waals surface area contributed by atoms with Crippen molar-refractivity contribution in [3.63, 3.8) is 0 Å². The molecule has 1 saturated carbocycles. The molecular weight excluding hydrogens is 301 g/mol. The van der Waals surface area contributed by atoms with Crippen molar-refractivity contribution in [1.82, 2.24) is 10.3 Å². The molecule has 116 valence electrons. The van der Waals surface area contributed by atoms with Crippen molar-refractivity contribution >= 4 is 17.2 Å². The van der Waals surface area contributed by atoms with Gasteiger partial charge in [-0.25, -0.2) is 9.37 Å². The van der Waals surface area contributed by atoms with Crippen LogP contribution in [-0.2, 0) is 6.42 Å². The van der Waals surface area contributed by atoms with Gasteiger partial charge in [0.05, 0.1) is 5.01 Å². The molecule has 0 aliphatic heterocycles. The second-order valence-electron chi connectivity index (χ2n) is 5.58. The molecule has 1 fully saturated rings. The minimum Gasteiger partial charge on any atom is -0.346 e. The number of nitrogens with two attached hydrogens (primary N) is 1. The SMILES string of the molecule is NCC(NC(=O)c1csc(Cc2ccc(F)cc2)n1)C1CC1. The molecule has 0 spiro atoms. The van der Waals surface area contributed by atoms with E-state index in [4.69, 9.17) is 5.73 Å². The highest BCUT2D eigenvalue weighted by atomic mass is 32.1. The monoisotopic (exact) mass is 319 g/mol. The van der Waals surface area contributed by atoms with Crippen LogP contribution in [0.2, 0.25) is 0 Å². The van der Waals surface area contributed by atoms with Gasteiger partial charge in [0.25, 0.3) is 5.91 Å². The van der Waals surface area contributed by atoms with Crippen LogP contribution in [0.1, 0.15) is 33.9 Å².